The van der Waals surface area contributed by atoms with Gasteiger partial charge < -0.3 is 5.32 Å². The first kappa shape index (κ1) is 37.3. The highest BCUT2D eigenvalue weighted by molar-refractivity contribution is 6.67. The minimum Gasteiger partial charge on any atom is -0.351 e. The maximum atomic E-state index is 13.9. The Hall–Kier alpha value is -3.87. The van der Waals surface area contributed by atoms with Crippen molar-refractivity contribution in [2.45, 2.75) is 13.8 Å². The molecule has 4 rings (SSSR count). The summed E-state index contributed by atoms with van der Waals surface area (Å²) >= 11 is 15.0. The average Bonchev–Trinajstić information content (AvgIpc) is 3.01. The SMILES string of the molecule is Cc1ccc(N(C(=O)CCl)c2c(F)cc(F)c(F)c2F)cc1.Cc1ccc(Nc2c(F)cc(F)c(F)c2F)cc1.O=C(Cl)CCl. The lowest BCUT2D eigenvalue weighted by Gasteiger charge is -2.23. The third-order valence-electron chi connectivity index (χ3n) is 5.51. The predicted molar refractivity (Wildman–Crippen MR) is 158 cm³/mol. The molecule has 0 bridgehead atoms. The molecule has 0 aromatic heterocycles. The number of hydrogen-bond donors (Lipinski definition) is 1. The molecule has 0 atom stereocenters. The van der Waals surface area contributed by atoms with Crippen LogP contribution >= 0.6 is 34.8 Å². The lowest BCUT2D eigenvalue weighted by Crippen LogP contribution is -2.29. The second kappa shape index (κ2) is 17.0. The second-order valence-corrected chi connectivity index (χ2v) is 9.79. The molecule has 0 aliphatic carbocycles. The summed E-state index contributed by atoms with van der Waals surface area (Å²) in [6, 6.07) is 13.1. The van der Waals surface area contributed by atoms with Gasteiger partial charge in [0.1, 0.15) is 17.3 Å². The van der Waals surface area contributed by atoms with Gasteiger partial charge in [-0.2, -0.15) is 0 Å². The third-order valence-corrected chi connectivity index (χ3v) is 6.25. The highest BCUT2D eigenvalue weighted by Crippen LogP contribution is 2.33. The molecule has 240 valence electrons. The molecular formula is C30H21Cl3F8N2O2. The highest BCUT2D eigenvalue weighted by Gasteiger charge is 2.28. The number of benzene rings is 4. The van der Waals surface area contributed by atoms with Crippen molar-refractivity contribution in [2.24, 2.45) is 0 Å². The number of anilines is 4. The van der Waals surface area contributed by atoms with Crippen LogP contribution in [0.1, 0.15) is 11.1 Å². The van der Waals surface area contributed by atoms with Gasteiger partial charge in [-0.05, 0) is 49.7 Å². The van der Waals surface area contributed by atoms with E-state index in [9.17, 15) is 44.7 Å². The summed E-state index contributed by atoms with van der Waals surface area (Å²) in [5.74, 6) is -14.3. The normalized spacial score (nSPS) is 10.2. The number of carbonyl (C=O) groups is 2. The smallest absolute Gasteiger partial charge is 0.246 e. The van der Waals surface area contributed by atoms with Gasteiger partial charge in [0.05, 0.1) is 5.88 Å². The van der Waals surface area contributed by atoms with Gasteiger partial charge in [0, 0.05) is 23.5 Å². The van der Waals surface area contributed by atoms with Crippen LogP contribution in [0.3, 0.4) is 0 Å². The first-order valence-electron chi connectivity index (χ1n) is 12.3. The number of amides is 1. The first-order chi connectivity index (χ1) is 21.1. The largest absolute Gasteiger partial charge is 0.351 e. The van der Waals surface area contributed by atoms with Gasteiger partial charge in [0.25, 0.3) is 0 Å². The van der Waals surface area contributed by atoms with Gasteiger partial charge in [0.15, 0.2) is 46.5 Å². The standard InChI is InChI=1S/C15H10ClF4NO.C13H9F4N.C2H2Cl2O/c1-8-2-4-9(5-3-8)21(12(22)7-16)15-11(18)6-10(17)13(19)14(15)20;1-7-2-4-8(5-3-7)18-13-10(15)6-9(14)11(16)12(13)17;3-1-2(4)5/h2-6H,7H2,1H3;2-6,18H,1H3;1H2. The molecule has 0 heterocycles. The van der Waals surface area contributed by atoms with E-state index in [0.717, 1.165) is 11.1 Å². The van der Waals surface area contributed by atoms with E-state index in [-0.39, 0.29) is 17.6 Å². The number of nitrogens with zero attached hydrogens (tertiary/aromatic N) is 1. The molecular weight excluding hydrogens is 679 g/mol. The minimum atomic E-state index is -1.86. The predicted octanol–water partition coefficient (Wildman–Crippen LogP) is 9.74. The quantitative estimate of drug-likeness (QED) is 0.0717. The fourth-order valence-corrected chi connectivity index (χ4v) is 3.49. The Labute approximate surface area is 267 Å². The van der Waals surface area contributed by atoms with E-state index in [0.29, 0.717) is 16.7 Å². The van der Waals surface area contributed by atoms with Gasteiger partial charge in [-0.25, -0.2) is 35.1 Å². The zero-order valence-corrected chi connectivity index (χ0v) is 25.4. The summed E-state index contributed by atoms with van der Waals surface area (Å²) in [7, 11) is 0. The van der Waals surface area contributed by atoms with Gasteiger partial charge in [-0.3, -0.25) is 14.5 Å². The van der Waals surface area contributed by atoms with Crippen LogP contribution in [0.4, 0.5) is 57.9 Å². The maximum Gasteiger partial charge on any atom is 0.246 e. The van der Waals surface area contributed by atoms with Crippen molar-refractivity contribution in [2.75, 3.05) is 22.0 Å². The average molecular weight is 700 g/mol. The van der Waals surface area contributed by atoms with Crippen LogP contribution in [-0.2, 0) is 9.59 Å². The van der Waals surface area contributed by atoms with Gasteiger partial charge in [0.2, 0.25) is 11.1 Å². The molecule has 0 aliphatic rings. The summed E-state index contributed by atoms with van der Waals surface area (Å²) in [5, 5.41) is 1.87. The number of rotatable bonds is 6. The van der Waals surface area contributed by atoms with Crippen LogP contribution < -0.4 is 10.2 Å². The molecule has 0 saturated heterocycles. The molecule has 4 aromatic rings. The van der Waals surface area contributed by atoms with Gasteiger partial charge in [-0.15, -0.1) is 23.2 Å². The number of nitrogens with one attached hydrogen (secondary N) is 1. The molecule has 15 heteroatoms. The summed E-state index contributed by atoms with van der Waals surface area (Å²) in [6.07, 6.45) is 0. The minimum absolute atomic E-state index is 0.0834. The Balaban J connectivity index is 0.000000277. The fraction of sp³-hybridized carbons (Fsp3) is 0.133. The van der Waals surface area contributed by atoms with E-state index in [1.807, 2.05) is 6.92 Å². The van der Waals surface area contributed by atoms with E-state index in [1.54, 1.807) is 43.3 Å². The topological polar surface area (TPSA) is 49.4 Å². The molecule has 1 amide bonds. The molecule has 0 saturated carbocycles. The number of carbonyl (C=O) groups excluding carboxylic acids is 2. The van der Waals surface area contributed by atoms with Gasteiger partial charge >= 0.3 is 0 Å². The maximum absolute atomic E-state index is 13.9. The number of halogens is 11. The van der Waals surface area contributed by atoms with E-state index >= 15 is 0 Å². The second-order valence-electron chi connectivity index (χ2n) is 8.84. The Morgan fingerprint density at radius 3 is 1.56 bits per heavy atom. The summed E-state index contributed by atoms with van der Waals surface area (Å²) in [4.78, 5) is 22.0. The summed E-state index contributed by atoms with van der Waals surface area (Å²) < 4.78 is 107. The molecule has 0 fully saturated rings. The lowest BCUT2D eigenvalue weighted by molar-refractivity contribution is -0.115. The summed E-state index contributed by atoms with van der Waals surface area (Å²) in [5.41, 5.74) is 0.552. The van der Waals surface area contributed by atoms with Crippen LogP contribution in [0.5, 0.6) is 0 Å². The molecule has 0 radical (unpaired) electrons. The van der Waals surface area contributed by atoms with Crippen LogP contribution in [0.15, 0.2) is 60.7 Å². The third kappa shape index (κ3) is 10.1. The zero-order valence-electron chi connectivity index (χ0n) is 23.1. The highest BCUT2D eigenvalue weighted by atomic mass is 35.5. The number of hydrogen-bond acceptors (Lipinski definition) is 3. The van der Waals surface area contributed by atoms with Crippen molar-refractivity contribution in [3.63, 3.8) is 0 Å². The summed E-state index contributed by atoms with van der Waals surface area (Å²) in [6.45, 7) is 3.62. The van der Waals surface area contributed by atoms with Crippen molar-refractivity contribution in [1.82, 2.24) is 0 Å². The van der Waals surface area contributed by atoms with Crippen molar-refractivity contribution in [3.8, 4) is 0 Å². The Bertz CT molecular complexity index is 1660. The van der Waals surface area contributed by atoms with Crippen molar-refractivity contribution in [3.05, 3.63) is 118 Å². The Kier molecular flexibility index (Phi) is 14.1. The fourth-order valence-electron chi connectivity index (χ4n) is 3.37. The van der Waals surface area contributed by atoms with E-state index in [1.165, 1.54) is 12.1 Å². The van der Waals surface area contributed by atoms with E-state index < -0.39 is 74.9 Å². The molecule has 0 unspecified atom stereocenters. The zero-order chi connectivity index (χ0) is 34.0. The van der Waals surface area contributed by atoms with Gasteiger partial charge in [-0.1, -0.05) is 35.4 Å². The number of alkyl halides is 2. The first-order valence-corrected chi connectivity index (χ1v) is 13.8. The molecule has 0 aliphatic heterocycles. The van der Waals surface area contributed by atoms with Crippen LogP contribution in [0, 0.1) is 60.4 Å². The monoisotopic (exact) mass is 698 g/mol. The molecule has 0 spiro atoms. The van der Waals surface area contributed by atoms with Crippen molar-refractivity contribution in [1.29, 1.82) is 0 Å². The molecule has 1 N–H and O–H groups in total. The van der Waals surface area contributed by atoms with Crippen molar-refractivity contribution >= 4 is 68.7 Å². The Morgan fingerprint density at radius 2 is 1.09 bits per heavy atom. The number of aryl methyl sites for hydroxylation is 2. The van der Waals surface area contributed by atoms with E-state index in [2.05, 4.69) is 5.32 Å². The lowest BCUT2D eigenvalue weighted by atomic mass is 10.1. The van der Waals surface area contributed by atoms with Crippen LogP contribution in [0.25, 0.3) is 0 Å². The molecule has 45 heavy (non-hydrogen) atoms. The van der Waals surface area contributed by atoms with Crippen LogP contribution in [0.2, 0.25) is 0 Å². The van der Waals surface area contributed by atoms with Crippen LogP contribution in [-0.4, -0.2) is 22.9 Å². The molecule has 4 nitrogen and oxygen atoms in total. The Morgan fingerprint density at radius 1 is 0.644 bits per heavy atom. The van der Waals surface area contributed by atoms with Crippen molar-refractivity contribution < 1.29 is 44.7 Å². The van der Waals surface area contributed by atoms with E-state index in [4.69, 9.17) is 34.8 Å². The molecule has 4 aromatic carbocycles.